The summed E-state index contributed by atoms with van der Waals surface area (Å²) in [5, 5.41) is 8.73. The third-order valence-corrected chi connectivity index (χ3v) is 2.51. The summed E-state index contributed by atoms with van der Waals surface area (Å²) in [5.74, 6) is -4.64. The smallest absolute Gasteiger partial charge is 0.422 e. The Bertz CT molecular complexity index is 370. The van der Waals surface area contributed by atoms with Crippen molar-refractivity contribution < 1.29 is 42.1 Å². The van der Waals surface area contributed by atoms with Crippen LogP contribution < -0.4 is 0 Å². The molecule has 20 heavy (non-hydrogen) atoms. The molecule has 10 heteroatoms. The Morgan fingerprint density at radius 3 is 2.25 bits per heavy atom. The summed E-state index contributed by atoms with van der Waals surface area (Å²) in [7, 11) is 0. The minimum absolute atomic E-state index is 0.0870. The van der Waals surface area contributed by atoms with Crippen molar-refractivity contribution in [3.8, 4) is 0 Å². The highest BCUT2D eigenvalue weighted by Crippen LogP contribution is 2.15. The summed E-state index contributed by atoms with van der Waals surface area (Å²) >= 11 is 3.80. The van der Waals surface area contributed by atoms with Gasteiger partial charge in [-0.15, -0.1) is 0 Å². The van der Waals surface area contributed by atoms with Crippen LogP contribution in [0, 0.1) is 5.92 Å². The van der Waals surface area contributed by atoms with Crippen molar-refractivity contribution in [1.29, 1.82) is 0 Å². The molecule has 0 saturated heterocycles. The molecular formula is C10H13F3O6S. The molecule has 0 aliphatic rings. The molecule has 0 spiro atoms. The molecule has 0 fully saturated rings. The molecule has 0 unspecified atom stereocenters. The van der Waals surface area contributed by atoms with E-state index in [-0.39, 0.29) is 5.75 Å². The first-order chi connectivity index (χ1) is 9.06. The number of carbonyl (C=O) groups is 3. The van der Waals surface area contributed by atoms with Crippen molar-refractivity contribution in [3.63, 3.8) is 0 Å². The van der Waals surface area contributed by atoms with Crippen LogP contribution in [0.3, 0.4) is 0 Å². The average molecular weight is 318 g/mol. The van der Waals surface area contributed by atoms with Crippen molar-refractivity contribution in [2.45, 2.75) is 25.6 Å². The molecule has 0 heterocycles. The minimum atomic E-state index is -4.72. The Morgan fingerprint density at radius 2 is 1.85 bits per heavy atom. The second kappa shape index (κ2) is 7.98. The molecule has 6 nitrogen and oxygen atoms in total. The summed E-state index contributed by atoms with van der Waals surface area (Å²) in [6.07, 6.45) is -7.62. The fourth-order valence-electron chi connectivity index (χ4n) is 0.883. The maximum absolute atomic E-state index is 11.8. The van der Waals surface area contributed by atoms with Gasteiger partial charge in [0.25, 0.3) is 0 Å². The lowest BCUT2D eigenvalue weighted by molar-refractivity contribution is -0.189. The van der Waals surface area contributed by atoms with E-state index in [1.807, 2.05) is 0 Å². The van der Waals surface area contributed by atoms with E-state index in [9.17, 15) is 27.6 Å². The van der Waals surface area contributed by atoms with Gasteiger partial charge in [-0.2, -0.15) is 25.8 Å². The predicted octanol–water partition coefficient (Wildman–Crippen LogP) is 1.04. The standard InChI is InChI=1S/C10H13F3O6S/c1-5(3-20)9(17)19-6(8(15)16)2-7(14)18-4-10(11,12)13/h5-6,20H,2-4H2,1H3,(H,15,16)/t5-,6+/m1/s1. The van der Waals surface area contributed by atoms with Crippen molar-refractivity contribution >= 4 is 30.5 Å². The van der Waals surface area contributed by atoms with Crippen LogP contribution in [0.25, 0.3) is 0 Å². The first-order valence-electron chi connectivity index (χ1n) is 5.33. The molecule has 0 aliphatic carbocycles. The Hall–Kier alpha value is -1.45. The minimum Gasteiger partial charge on any atom is -0.478 e. The number of ether oxygens (including phenoxy) is 2. The van der Waals surface area contributed by atoms with E-state index in [2.05, 4.69) is 22.1 Å². The molecule has 2 atom stereocenters. The van der Waals surface area contributed by atoms with E-state index >= 15 is 0 Å². The zero-order valence-corrected chi connectivity index (χ0v) is 11.2. The maximum Gasteiger partial charge on any atom is 0.422 e. The SMILES string of the molecule is C[C@H](CS)C(=O)O[C@@H](CC(=O)OCC(F)(F)F)C(=O)O. The summed E-state index contributed by atoms with van der Waals surface area (Å²) in [6, 6.07) is 0. The van der Waals surface area contributed by atoms with Gasteiger partial charge in [0, 0.05) is 5.75 Å². The molecular weight excluding hydrogens is 305 g/mol. The van der Waals surface area contributed by atoms with E-state index in [1.165, 1.54) is 6.92 Å². The van der Waals surface area contributed by atoms with Crippen molar-refractivity contribution in [1.82, 2.24) is 0 Å². The molecule has 0 aliphatic heterocycles. The van der Waals surface area contributed by atoms with Crippen LogP contribution >= 0.6 is 12.6 Å². The maximum atomic E-state index is 11.8. The van der Waals surface area contributed by atoms with Gasteiger partial charge in [0.05, 0.1) is 12.3 Å². The molecule has 1 N–H and O–H groups in total. The number of carbonyl (C=O) groups excluding carboxylic acids is 2. The van der Waals surface area contributed by atoms with E-state index in [0.29, 0.717) is 0 Å². The van der Waals surface area contributed by atoms with Gasteiger partial charge in [-0.05, 0) is 0 Å². The van der Waals surface area contributed by atoms with E-state index in [1.54, 1.807) is 0 Å². The van der Waals surface area contributed by atoms with Crippen LogP contribution in [0.2, 0.25) is 0 Å². The quantitative estimate of drug-likeness (QED) is 0.538. The monoisotopic (exact) mass is 318 g/mol. The van der Waals surface area contributed by atoms with Gasteiger partial charge in [0.15, 0.2) is 6.61 Å². The Morgan fingerprint density at radius 1 is 1.30 bits per heavy atom. The van der Waals surface area contributed by atoms with Crippen molar-refractivity contribution in [2.24, 2.45) is 5.92 Å². The van der Waals surface area contributed by atoms with Gasteiger partial charge in [-0.1, -0.05) is 6.92 Å². The first kappa shape index (κ1) is 18.6. The van der Waals surface area contributed by atoms with Crippen molar-refractivity contribution in [2.75, 3.05) is 12.4 Å². The van der Waals surface area contributed by atoms with Gasteiger partial charge in [-0.3, -0.25) is 9.59 Å². The van der Waals surface area contributed by atoms with Crippen molar-refractivity contribution in [3.05, 3.63) is 0 Å². The Labute approximate surface area is 117 Å². The number of esters is 2. The summed E-state index contributed by atoms with van der Waals surface area (Å²) < 4.78 is 43.7. The number of carboxylic acids is 1. The van der Waals surface area contributed by atoms with Gasteiger partial charge < -0.3 is 14.6 Å². The van der Waals surface area contributed by atoms with Gasteiger partial charge in [0.1, 0.15) is 0 Å². The number of halogens is 3. The number of carboxylic acid groups (broad SMARTS) is 1. The Kier molecular flexibility index (Phi) is 7.40. The lowest BCUT2D eigenvalue weighted by atomic mass is 10.2. The molecule has 0 amide bonds. The molecule has 0 rings (SSSR count). The molecule has 0 bridgehead atoms. The lowest BCUT2D eigenvalue weighted by Crippen LogP contribution is -2.33. The number of alkyl halides is 3. The highest BCUT2D eigenvalue weighted by Gasteiger charge is 2.32. The van der Waals surface area contributed by atoms with Crippen LogP contribution in [-0.2, 0) is 23.9 Å². The molecule has 0 aromatic rings. The number of aliphatic carboxylic acids is 1. The summed E-state index contributed by atoms with van der Waals surface area (Å²) in [4.78, 5) is 33.1. The second-order valence-electron chi connectivity index (χ2n) is 3.83. The van der Waals surface area contributed by atoms with Crippen LogP contribution in [0.5, 0.6) is 0 Å². The van der Waals surface area contributed by atoms with E-state index in [4.69, 9.17) is 5.11 Å². The molecule has 0 aromatic heterocycles. The van der Waals surface area contributed by atoms with E-state index < -0.39 is 49.1 Å². The third-order valence-electron chi connectivity index (χ3n) is 1.96. The summed E-state index contributed by atoms with van der Waals surface area (Å²) in [5.41, 5.74) is 0. The molecule has 0 radical (unpaired) electrons. The highest BCUT2D eigenvalue weighted by molar-refractivity contribution is 7.80. The van der Waals surface area contributed by atoms with Crippen LogP contribution in [-0.4, -0.2) is 47.7 Å². The molecule has 116 valence electrons. The zero-order chi connectivity index (χ0) is 15.9. The first-order valence-corrected chi connectivity index (χ1v) is 5.96. The van der Waals surface area contributed by atoms with Crippen LogP contribution in [0.15, 0.2) is 0 Å². The average Bonchev–Trinajstić information content (AvgIpc) is 2.33. The number of hydrogen-bond donors (Lipinski definition) is 2. The predicted molar refractivity (Wildman–Crippen MR) is 62.2 cm³/mol. The third kappa shape index (κ3) is 7.87. The highest BCUT2D eigenvalue weighted by atomic mass is 32.1. The topological polar surface area (TPSA) is 89.9 Å². The Balaban J connectivity index is 4.45. The zero-order valence-electron chi connectivity index (χ0n) is 10.3. The number of rotatable bonds is 7. The number of hydrogen-bond acceptors (Lipinski definition) is 6. The number of thiol groups is 1. The van der Waals surface area contributed by atoms with Gasteiger partial charge >= 0.3 is 24.1 Å². The van der Waals surface area contributed by atoms with Gasteiger partial charge in [-0.25, -0.2) is 4.79 Å². The van der Waals surface area contributed by atoms with Gasteiger partial charge in [0.2, 0.25) is 6.10 Å². The largest absolute Gasteiger partial charge is 0.478 e. The van der Waals surface area contributed by atoms with E-state index in [0.717, 1.165) is 0 Å². The fourth-order valence-corrected chi connectivity index (χ4v) is 1.03. The second-order valence-corrected chi connectivity index (χ2v) is 4.19. The molecule has 0 saturated carbocycles. The van der Waals surface area contributed by atoms with Crippen LogP contribution in [0.4, 0.5) is 13.2 Å². The fraction of sp³-hybridized carbons (Fsp3) is 0.700. The normalized spacial score (nSPS) is 14.2. The lowest BCUT2D eigenvalue weighted by Gasteiger charge is -2.16. The molecule has 0 aromatic carbocycles. The van der Waals surface area contributed by atoms with Crippen LogP contribution in [0.1, 0.15) is 13.3 Å². The summed E-state index contributed by atoms with van der Waals surface area (Å²) in [6.45, 7) is -0.421.